The van der Waals surface area contributed by atoms with Crippen LogP contribution in [0.15, 0.2) is 18.2 Å². The fourth-order valence-electron chi connectivity index (χ4n) is 2.81. The Bertz CT molecular complexity index is 405. The average Bonchev–Trinajstić information content (AvgIpc) is 2.96. The van der Waals surface area contributed by atoms with Gasteiger partial charge in [-0.1, -0.05) is 12.1 Å². The van der Waals surface area contributed by atoms with E-state index >= 15 is 0 Å². The number of likely N-dealkylation sites (tertiary alicyclic amines) is 1. The van der Waals surface area contributed by atoms with E-state index in [0.717, 1.165) is 25.3 Å². The molecule has 0 saturated carbocycles. The fraction of sp³-hybridized carbons (Fsp3) is 0.571. The molecule has 0 bridgehead atoms. The molecule has 2 aliphatic rings. The van der Waals surface area contributed by atoms with Gasteiger partial charge in [0.1, 0.15) is 5.75 Å². The van der Waals surface area contributed by atoms with E-state index < -0.39 is 0 Å². The van der Waals surface area contributed by atoms with Gasteiger partial charge in [-0.05, 0) is 30.7 Å². The molecule has 1 aromatic carbocycles. The topological polar surface area (TPSA) is 24.5 Å². The molecule has 92 valence electrons. The maximum Gasteiger partial charge on any atom is 0.122 e. The van der Waals surface area contributed by atoms with E-state index in [-0.39, 0.29) is 0 Å². The third-order valence-electron chi connectivity index (χ3n) is 3.84. The number of rotatable bonds is 3. The molecule has 0 amide bonds. The van der Waals surface area contributed by atoms with Gasteiger partial charge >= 0.3 is 0 Å². The molecule has 2 aliphatic heterocycles. The van der Waals surface area contributed by atoms with Crippen molar-refractivity contribution in [1.82, 2.24) is 10.2 Å². The van der Waals surface area contributed by atoms with Crippen LogP contribution in [0.2, 0.25) is 0 Å². The molecule has 1 N–H and O–H groups in total. The second kappa shape index (κ2) is 4.67. The van der Waals surface area contributed by atoms with Crippen molar-refractivity contribution in [1.29, 1.82) is 0 Å². The summed E-state index contributed by atoms with van der Waals surface area (Å²) in [6, 6.07) is 7.32. The maximum atomic E-state index is 5.53. The number of ether oxygens (including phenoxy) is 1. The van der Waals surface area contributed by atoms with E-state index in [1.54, 1.807) is 0 Å². The van der Waals surface area contributed by atoms with E-state index in [4.69, 9.17) is 4.74 Å². The number of nitrogens with zero attached hydrogens (tertiary/aromatic N) is 1. The summed E-state index contributed by atoms with van der Waals surface area (Å²) < 4.78 is 5.53. The Kier molecular flexibility index (Phi) is 3.04. The minimum atomic E-state index is 0.674. The van der Waals surface area contributed by atoms with Crippen molar-refractivity contribution in [2.75, 3.05) is 26.7 Å². The van der Waals surface area contributed by atoms with Crippen LogP contribution in [0.3, 0.4) is 0 Å². The van der Waals surface area contributed by atoms with Gasteiger partial charge < -0.3 is 10.1 Å². The minimum Gasteiger partial charge on any atom is -0.493 e. The summed E-state index contributed by atoms with van der Waals surface area (Å²) in [4.78, 5) is 2.53. The van der Waals surface area contributed by atoms with Crippen LogP contribution in [0.4, 0.5) is 0 Å². The Labute approximate surface area is 103 Å². The largest absolute Gasteiger partial charge is 0.493 e. The van der Waals surface area contributed by atoms with Crippen LogP contribution in [0, 0.1) is 0 Å². The van der Waals surface area contributed by atoms with Crippen LogP contribution in [-0.4, -0.2) is 37.7 Å². The van der Waals surface area contributed by atoms with E-state index in [9.17, 15) is 0 Å². The van der Waals surface area contributed by atoms with Gasteiger partial charge in [-0.25, -0.2) is 0 Å². The molecule has 0 aromatic heterocycles. The van der Waals surface area contributed by atoms with E-state index in [2.05, 4.69) is 35.5 Å². The van der Waals surface area contributed by atoms with Crippen molar-refractivity contribution >= 4 is 0 Å². The molecular weight excluding hydrogens is 212 g/mol. The molecule has 2 heterocycles. The first kappa shape index (κ1) is 11.1. The van der Waals surface area contributed by atoms with Gasteiger partial charge in [0.25, 0.3) is 0 Å². The van der Waals surface area contributed by atoms with Crippen molar-refractivity contribution < 1.29 is 4.74 Å². The van der Waals surface area contributed by atoms with Crippen LogP contribution < -0.4 is 10.1 Å². The Morgan fingerprint density at radius 1 is 1.47 bits per heavy atom. The van der Waals surface area contributed by atoms with Gasteiger partial charge in [0.05, 0.1) is 6.61 Å². The highest BCUT2D eigenvalue weighted by molar-refractivity contribution is 5.39. The highest BCUT2D eigenvalue weighted by Gasteiger charge is 2.21. The second-order valence-corrected chi connectivity index (χ2v) is 5.05. The van der Waals surface area contributed by atoms with Gasteiger partial charge in [0.2, 0.25) is 0 Å². The molecular formula is C14H20N2O. The summed E-state index contributed by atoms with van der Waals surface area (Å²) in [5.74, 6) is 1.09. The molecule has 1 aromatic rings. The first-order valence-corrected chi connectivity index (χ1v) is 6.49. The lowest BCUT2D eigenvalue weighted by molar-refractivity contribution is 0.322. The second-order valence-electron chi connectivity index (χ2n) is 5.05. The van der Waals surface area contributed by atoms with Gasteiger partial charge in [-0.3, -0.25) is 4.90 Å². The summed E-state index contributed by atoms with van der Waals surface area (Å²) in [6.07, 6.45) is 2.34. The monoisotopic (exact) mass is 232 g/mol. The molecule has 0 radical (unpaired) electrons. The zero-order valence-electron chi connectivity index (χ0n) is 10.4. The van der Waals surface area contributed by atoms with Crippen LogP contribution in [0.1, 0.15) is 17.5 Å². The van der Waals surface area contributed by atoms with E-state index in [1.165, 1.54) is 30.6 Å². The number of fused-ring (bicyclic) bond motifs is 1. The molecule has 1 fully saturated rings. The Hall–Kier alpha value is -1.06. The quantitative estimate of drug-likeness (QED) is 0.853. The molecule has 3 rings (SSSR count). The van der Waals surface area contributed by atoms with Crippen LogP contribution >= 0.6 is 0 Å². The van der Waals surface area contributed by atoms with Crippen molar-refractivity contribution in [3.63, 3.8) is 0 Å². The Morgan fingerprint density at radius 2 is 2.41 bits per heavy atom. The lowest BCUT2D eigenvalue weighted by atomic mass is 10.1. The van der Waals surface area contributed by atoms with Crippen LogP contribution in [0.5, 0.6) is 5.75 Å². The first-order chi connectivity index (χ1) is 8.35. The molecule has 0 spiro atoms. The molecule has 1 atom stereocenters. The molecule has 0 aliphatic carbocycles. The van der Waals surface area contributed by atoms with Gasteiger partial charge in [-0.2, -0.15) is 0 Å². The Morgan fingerprint density at radius 3 is 3.24 bits per heavy atom. The molecule has 1 unspecified atom stereocenters. The van der Waals surface area contributed by atoms with Crippen molar-refractivity contribution in [2.24, 2.45) is 0 Å². The summed E-state index contributed by atoms with van der Waals surface area (Å²) in [7, 11) is 2.06. The number of benzene rings is 1. The summed E-state index contributed by atoms with van der Waals surface area (Å²) in [5.41, 5.74) is 2.80. The fourth-order valence-corrected chi connectivity index (χ4v) is 2.81. The van der Waals surface area contributed by atoms with Crippen LogP contribution in [-0.2, 0) is 13.0 Å². The van der Waals surface area contributed by atoms with E-state index in [1.807, 2.05) is 0 Å². The van der Waals surface area contributed by atoms with Crippen LogP contribution in [0.25, 0.3) is 0 Å². The maximum absolute atomic E-state index is 5.53. The Balaban J connectivity index is 1.65. The third-order valence-corrected chi connectivity index (χ3v) is 3.84. The summed E-state index contributed by atoms with van der Waals surface area (Å²) >= 11 is 0. The number of hydrogen-bond donors (Lipinski definition) is 1. The number of hydrogen-bond acceptors (Lipinski definition) is 3. The smallest absolute Gasteiger partial charge is 0.122 e. The number of nitrogens with one attached hydrogen (secondary N) is 1. The standard InChI is InChI=1S/C14H20N2O/c1-15-13-4-6-16(10-13)9-11-2-3-14-12(8-11)5-7-17-14/h2-3,8,13,15H,4-7,9-10H2,1H3. The predicted octanol–water partition coefficient (Wildman–Crippen LogP) is 1.42. The molecule has 3 nitrogen and oxygen atoms in total. The molecule has 17 heavy (non-hydrogen) atoms. The predicted molar refractivity (Wildman–Crippen MR) is 68.4 cm³/mol. The SMILES string of the molecule is CNC1CCN(Cc2ccc3c(c2)CCO3)C1. The van der Waals surface area contributed by atoms with Crippen molar-refractivity contribution in [2.45, 2.75) is 25.4 Å². The van der Waals surface area contributed by atoms with Crippen molar-refractivity contribution in [3.05, 3.63) is 29.3 Å². The third kappa shape index (κ3) is 2.31. The highest BCUT2D eigenvalue weighted by atomic mass is 16.5. The van der Waals surface area contributed by atoms with Gasteiger partial charge in [0, 0.05) is 32.1 Å². The lowest BCUT2D eigenvalue weighted by Crippen LogP contribution is -2.29. The normalized spacial score (nSPS) is 23.7. The minimum absolute atomic E-state index is 0.674. The lowest BCUT2D eigenvalue weighted by Gasteiger charge is -2.16. The zero-order valence-corrected chi connectivity index (χ0v) is 10.4. The molecule has 3 heteroatoms. The van der Waals surface area contributed by atoms with E-state index in [0.29, 0.717) is 6.04 Å². The van der Waals surface area contributed by atoms with Crippen molar-refractivity contribution in [3.8, 4) is 5.75 Å². The summed E-state index contributed by atoms with van der Waals surface area (Å²) in [5, 5.41) is 3.36. The molecule has 1 saturated heterocycles. The average molecular weight is 232 g/mol. The number of likely N-dealkylation sites (N-methyl/N-ethyl adjacent to an activating group) is 1. The first-order valence-electron chi connectivity index (χ1n) is 6.49. The van der Waals surface area contributed by atoms with Gasteiger partial charge in [-0.15, -0.1) is 0 Å². The highest BCUT2D eigenvalue weighted by Crippen LogP contribution is 2.26. The zero-order chi connectivity index (χ0) is 11.7. The summed E-state index contributed by atoms with van der Waals surface area (Å²) in [6.45, 7) is 4.30. The van der Waals surface area contributed by atoms with Gasteiger partial charge in [0.15, 0.2) is 0 Å².